The van der Waals surface area contributed by atoms with E-state index in [1.807, 2.05) is 48.5 Å². The van der Waals surface area contributed by atoms with Crippen molar-refractivity contribution in [3.05, 3.63) is 66.2 Å². The lowest BCUT2D eigenvalue weighted by atomic mass is 10.1. The zero-order valence-electron chi connectivity index (χ0n) is 15.7. The maximum atomic E-state index is 13.4. The molecule has 0 aromatic heterocycles. The number of hydrogen-bond acceptors (Lipinski definition) is 5. The fourth-order valence-corrected chi connectivity index (χ4v) is 6.70. The fraction of sp³-hybridized carbons (Fsp3) is 0.238. The molecule has 1 aliphatic heterocycles. The first-order valence-electron chi connectivity index (χ1n) is 8.89. The van der Waals surface area contributed by atoms with Gasteiger partial charge in [-0.05, 0) is 40.6 Å². The van der Waals surface area contributed by atoms with Crippen molar-refractivity contribution < 1.29 is 17.9 Å². The Morgan fingerprint density at radius 3 is 2.43 bits per heavy atom. The number of fused-ring (bicyclic) bond motifs is 1. The van der Waals surface area contributed by atoms with Crippen LogP contribution in [0.15, 0.2) is 65.6 Å². The number of sulfonamides is 1. The van der Waals surface area contributed by atoms with Crippen LogP contribution in [0.2, 0.25) is 0 Å². The Bertz CT molecular complexity index is 1110. The zero-order chi connectivity index (χ0) is 19.7. The van der Waals surface area contributed by atoms with Crippen LogP contribution in [-0.4, -0.2) is 39.2 Å². The minimum atomic E-state index is -3.62. The molecule has 1 atom stereocenters. The molecule has 4 rings (SSSR count). The highest BCUT2D eigenvalue weighted by Gasteiger charge is 2.37. The first kappa shape index (κ1) is 19.1. The first-order chi connectivity index (χ1) is 13.5. The van der Waals surface area contributed by atoms with Gasteiger partial charge in [-0.15, -0.1) is 11.8 Å². The van der Waals surface area contributed by atoms with Gasteiger partial charge in [0.2, 0.25) is 10.0 Å². The summed E-state index contributed by atoms with van der Waals surface area (Å²) in [6, 6.07) is 18.6. The predicted molar refractivity (Wildman–Crippen MR) is 113 cm³/mol. The monoisotopic (exact) mass is 415 g/mol. The number of methoxy groups -OCH3 is 2. The Balaban J connectivity index is 1.72. The summed E-state index contributed by atoms with van der Waals surface area (Å²) in [6.45, 7) is 0.471. The third-order valence-electron chi connectivity index (χ3n) is 4.87. The number of rotatable bonds is 5. The van der Waals surface area contributed by atoms with Crippen LogP contribution in [0, 0.1) is 0 Å². The molecule has 0 saturated carbocycles. The van der Waals surface area contributed by atoms with Crippen LogP contribution in [0.25, 0.3) is 10.8 Å². The molecule has 146 valence electrons. The van der Waals surface area contributed by atoms with Crippen LogP contribution in [0.1, 0.15) is 10.9 Å². The molecule has 0 bridgehead atoms. The van der Waals surface area contributed by atoms with Crippen molar-refractivity contribution in [3.8, 4) is 11.5 Å². The minimum absolute atomic E-state index is 0.295. The highest BCUT2D eigenvalue weighted by atomic mass is 32.2. The van der Waals surface area contributed by atoms with Crippen LogP contribution in [0.4, 0.5) is 0 Å². The molecular weight excluding hydrogens is 394 g/mol. The van der Waals surface area contributed by atoms with Crippen molar-refractivity contribution in [1.82, 2.24) is 4.31 Å². The Labute approximate surface area is 169 Å². The van der Waals surface area contributed by atoms with Gasteiger partial charge in [0.05, 0.1) is 24.5 Å². The van der Waals surface area contributed by atoms with Crippen molar-refractivity contribution in [2.24, 2.45) is 0 Å². The van der Waals surface area contributed by atoms with Crippen LogP contribution >= 0.6 is 11.8 Å². The summed E-state index contributed by atoms with van der Waals surface area (Å²) >= 11 is 1.61. The van der Waals surface area contributed by atoms with E-state index >= 15 is 0 Å². The second-order valence-electron chi connectivity index (χ2n) is 6.46. The molecule has 0 amide bonds. The summed E-state index contributed by atoms with van der Waals surface area (Å²) in [5, 5.41) is 1.64. The van der Waals surface area contributed by atoms with Gasteiger partial charge in [0, 0.05) is 12.3 Å². The van der Waals surface area contributed by atoms with Gasteiger partial charge in [-0.25, -0.2) is 8.42 Å². The molecule has 5 nitrogen and oxygen atoms in total. The van der Waals surface area contributed by atoms with Gasteiger partial charge in [0.15, 0.2) is 11.5 Å². The van der Waals surface area contributed by atoms with Gasteiger partial charge >= 0.3 is 0 Å². The normalized spacial score (nSPS) is 17.7. The third kappa shape index (κ3) is 3.34. The highest BCUT2D eigenvalue weighted by Crippen LogP contribution is 2.43. The van der Waals surface area contributed by atoms with E-state index in [4.69, 9.17) is 9.47 Å². The lowest BCUT2D eigenvalue weighted by Gasteiger charge is -2.24. The Morgan fingerprint density at radius 2 is 1.68 bits per heavy atom. The summed E-state index contributed by atoms with van der Waals surface area (Å²) in [5.41, 5.74) is 0.879. The third-order valence-corrected chi connectivity index (χ3v) is 8.12. The second kappa shape index (κ2) is 7.66. The number of benzene rings is 3. The number of thioether (sulfide) groups is 1. The van der Waals surface area contributed by atoms with E-state index in [0.717, 1.165) is 22.1 Å². The molecule has 3 aromatic carbocycles. The van der Waals surface area contributed by atoms with Gasteiger partial charge in [-0.1, -0.05) is 36.4 Å². The van der Waals surface area contributed by atoms with E-state index in [0.29, 0.717) is 22.9 Å². The molecule has 28 heavy (non-hydrogen) atoms. The molecule has 0 spiro atoms. The van der Waals surface area contributed by atoms with Crippen molar-refractivity contribution in [2.75, 3.05) is 26.5 Å². The largest absolute Gasteiger partial charge is 0.493 e. The van der Waals surface area contributed by atoms with Gasteiger partial charge in [-0.2, -0.15) is 4.31 Å². The predicted octanol–water partition coefficient (Wildman–Crippen LogP) is 4.29. The second-order valence-corrected chi connectivity index (χ2v) is 9.54. The Kier molecular flexibility index (Phi) is 5.23. The molecule has 1 saturated heterocycles. The maximum Gasteiger partial charge on any atom is 0.244 e. The number of ether oxygens (including phenoxy) is 2. The van der Waals surface area contributed by atoms with E-state index in [1.54, 1.807) is 42.4 Å². The van der Waals surface area contributed by atoms with E-state index < -0.39 is 10.0 Å². The highest BCUT2D eigenvalue weighted by molar-refractivity contribution is 8.01. The van der Waals surface area contributed by atoms with E-state index in [1.165, 1.54) is 0 Å². The summed E-state index contributed by atoms with van der Waals surface area (Å²) in [7, 11) is -0.464. The SMILES string of the molecule is COc1ccc(C2SCCN2S(=O)(=O)c2ccc3ccccc3c2)cc1OC. The first-order valence-corrected chi connectivity index (χ1v) is 11.4. The molecule has 3 aromatic rings. The fourth-order valence-electron chi connectivity index (χ4n) is 3.43. The summed E-state index contributed by atoms with van der Waals surface area (Å²) < 4.78 is 39.0. The van der Waals surface area contributed by atoms with E-state index in [-0.39, 0.29) is 5.37 Å². The Morgan fingerprint density at radius 1 is 0.929 bits per heavy atom. The van der Waals surface area contributed by atoms with Gasteiger partial charge in [-0.3, -0.25) is 0 Å². The number of hydrogen-bond donors (Lipinski definition) is 0. The van der Waals surface area contributed by atoms with E-state index in [9.17, 15) is 8.42 Å². The van der Waals surface area contributed by atoms with Crippen LogP contribution in [0.3, 0.4) is 0 Å². The average Bonchev–Trinajstić information content (AvgIpc) is 3.23. The quantitative estimate of drug-likeness (QED) is 0.622. The zero-order valence-corrected chi connectivity index (χ0v) is 17.3. The van der Waals surface area contributed by atoms with Crippen LogP contribution < -0.4 is 9.47 Å². The van der Waals surface area contributed by atoms with Gasteiger partial charge in [0.25, 0.3) is 0 Å². The topological polar surface area (TPSA) is 55.8 Å². The molecule has 1 aliphatic rings. The van der Waals surface area contributed by atoms with Crippen LogP contribution in [0.5, 0.6) is 11.5 Å². The summed E-state index contributed by atoms with van der Waals surface area (Å²) in [4.78, 5) is 0.319. The average molecular weight is 416 g/mol. The molecular formula is C21H21NO4S2. The number of nitrogens with zero attached hydrogens (tertiary/aromatic N) is 1. The smallest absolute Gasteiger partial charge is 0.244 e. The summed E-state index contributed by atoms with van der Waals surface area (Å²) in [5.74, 6) is 1.96. The van der Waals surface area contributed by atoms with Gasteiger partial charge < -0.3 is 9.47 Å². The molecule has 0 N–H and O–H groups in total. The van der Waals surface area contributed by atoms with E-state index in [2.05, 4.69) is 0 Å². The van der Waals surface area contributed by atoms with Crippen molar-refractivity contribution >= 4 is 32.6 Å². The molecule has 1 fully saturated rings. The van der Waals surface area contributed by atoms with Crippen molar-refractivity contribution in [2.45, 2.75) is 10.3 Å². The minimum Gasteiger partial charge on any atom is -0.493 e. The molecule has 0 aliphatic carbocycles. The van der Waals surface area contributed by atoms with Gasteiger partial charge in [0.1, 0.15) is 0 Å². The molecule has 7 heteroatoms. The van der Waals surface area contributed by atoms with Crippen LogP contribution in [-0.2, 0) is 10.0 Å². The summed E-state index contributed by atoms with van der Waals surface area (Å²) in [6.07, 6.45) is 0. The maximum absolute atomic E-state index is 13.4. The molecule has 1 unspecified atom stereocenters. The molecule has 1 heterocycles. The molecule has 0 radical (unpaired) electrons. The lowest BCUT2D eigenvalue weighted by molar-refractivity contribution is 0.353. The Hall–Kier alpha value is -2.22. The van der Waals surface area contributed by atoms with Crippen molar-refractivity contribution in [1.29, 1.82) is 0 Å². The van der Waals surface area contributed by atoms with Crippen molar-refractivity contribution in [3.63, 3.8) is 0 Å². The lowest BCUT2D eigenvalue weighted by Crippen LogP contribution is -2.30. The standard InChI is InChI=1S/C21H21NO4S2/c1-25-19-10-8-17(14-20(19)26-2)21-22(11-12-27-21)28(23,24)18-9-7-15-5-3-4-6-16(15)13-18/h3-10,13-14,21H,11-12H2,1-2H3.